The number of sulfonamides is 1. The zero-order valence-corrected chi connectivity index (χ0v) is 12.6. The van der Waals surface area contributed by atoms with Crippen LogP contribution in [0.4, 0.5) is 0 Å². The van der Waals surface area contributed by atoms with Gasteiger partial charge in [0, 0.05) is 13.1 Å². The number of aryl methyl sites for hydroxylation is 1. The molecule has 1 saturated heterocycles. The molecule has 1 aromatic rings. The van der Waals surface area contributed by atoms with Gasteiger partial charge in [-0.15, -0.1) is 0 Å². The van der Waals surface area contributed by atoms with Crippen molar-refractivity contribution in [2.75, 3.05) is 13.1 Å². The van der Waals surface area contributed by atoms with Crippen LogP contribution in [0.1, 0.15) is 24.5 Å². The Bertz CT molecular complexity index is 736. The van der Waals surface area contributed by atoms with Gasteiger partial charge in [0.05, 0.1) is 21.9 Å². The number of carboxylic acid groups (broad SMARTS) is 1. The highest BCUT2D eigenvalue weighted by Gasteiger charge is 2.45. The Hall–Kier alpha value is -1.91. The van der Waals surface area contributed by atoms with Crippen molar-refractivity contribution in [3.63, 3.8) is 0 Å². The molecule has 1 aliphatic heterocycles. The first-order valence-electron chi connectivity index (χ1n) is 6.45. The summed E-state index contributed by atoms with van der Waals surface area (Å²) in [4.78, 5) is 11.3. The summed E-state index contributed by atoms with van der Waals surface area (Å²) in [6, 6.07) is 6.32. The van der Waals surface area contributed by atoms with Crippen LogP contribution in [0.25, 0.3) is 0 Å². The predicted octanol–water partition coefficient (Wildman–Crippen LogP) is 1.35. The molecule has 1 atom stereocenters. The molecule has 1 heterocycles. The van der Waals surface area contributed by atoms with Gasteiger partial charge in [-0.05, 0) is 44.0 Å². The molecule has 1 N–H and O–H groups in total. The Balaban J connectivity index is 2.37. The maximum Gasteiger partial charge on any atom is 0.310 e. The fourth-order valence-electron chi connectivity index (χ4n) is 2.45. The number of hydrogen-bond donors (Lipinski definition) is 1. The standard InChI is InChI=1S/C14H16N2O4S/c1-10-7-11(8-15)3-4-12(10)21(19,20)16-6-5-14(2,9-16)13(17)18/h3-4,7H,5-6,9H2,1-2H3,(H,17,18). The van der Waals surface area contributed by atoms with Crippen molar-refractivity contribution < 1.29 is 18.3 Å². The third-order valence-corrected chi connectivity index (χ3v) is 5.88. The Morgan fingerprint density at radius 1 is 1.48 bits per heavy atom. The van der Waals surface area contributed by atoms with Gasteiger partial charge in [-0.2, -0.15) is 9.57 Å². The minimum Gasteiger partial charge on any atom is -0.481 e. The SMILES string of the molecule is Cc1cc(C#N)ccc1S(=O)(=O)N1CCC(C)(C(=O)O)C1. The molecule has 21 heavy (non-hydrogen) atoms. The van der Waals surface area contributed by atoms with E-state index in [0.717, 1.165) is 0 Å². The Morgan fingerprint density at radius 2 is 2.14 bits per heavy atom. The first-order valence-corrected chi connectivity index (χ1v) is 7.89. The normalized spacial score (nSPS) is 22.9. The number of benzene rings is 1. The highest BCUT2D eigenvalue weighted by molar-refractivity contribution is 7.89. The molecule has 0 aliphatic carbocycles. The van der Waals surface area contributed by atoms with E-state index in [1.807, 2.05) is 6.07 Å². The summed E-state index contributed by atoms with van der Waals surface area (Å²) < 4.78 is 26.4. The minimum absolute atomic E-state index is 0.0376. The van der Waals surface area contributed by atoms with Crippen molar-refractivity contribution in [2.24, 2.45) is 5.41 Å². The van der Waals surface area contributed by atoms with Gasteiger partial charge < -0.3 is 5.11 Å². The van der Waals surface area contributed by atoms with Crippen molar-refractivity contribution in [1.82, 2.24) is 4.31 Å². The molecule has 1 fully saturated rings. The largest absolute Gasteiger partial charge is 0.481 e. The number of nitriles is 1. The van der Waals surface area contributed by atoms with Crippen LogP contribution in [0, 0.1) is 23.7 Å². The average molecular weight is 308 g/mol. The molecule has 0 spiro atoms. The van der Waals surface area contributed by atoms with E-state index in [2.05, 4.69) is 0 Å². The summed E-state index contributed by atoms with van der Waals surface area (Å²) in [7, 11) is -3.74. The summed E-state index contributed by atoms with van der Waals surface area (Å²) in [6.07, 6.45) is 0.289. The summed E-state index contributed by atoms with van der Waals surface area (Å²) in [5.41, 5.74) is -0.172. The summed E-state index contributed by atoms with van der Waals surface area (Å²) in [6.45, 7) is 3.32. The lowest BCUT2D eigenvalue weighted by atomic mass is 9.90. The van der Waals surface area contributed by atoms with Crippen molar-refractivity contribution >= 4 is 16.0 Å². The molecule has 112 valence electrons. The fraction of sp³-hybridized carbons (Fsp3) is 0.429. The van der Waals surface area contributed by atoms with E-state index in [-0.39, 0.29) is 24.4 Å². The predicted molar refractivity (Wildman–Crippen MR) is 75.0 cm³/mol. The van der Waals surface area contributed by atoms with Gasteiger partial charge in [0.15, 0.2) is 0 Å². The number of aliphatic carboxylic acids is 1. The van der Waals surface area contributed by atoms with Crippen LogP contribution in [-0.4, -0.2) is 36.9 Å². The average Bonchev–Trinajstić information content (AvgIpc) is 2.83. The van der Waals surface area contributed by atoms with Crippen LogP contribution >= 0.6 is 0 Å². The van der Waals surface area contributed by atoms with Gasteiger partial charge in [0.1, 0.15) is 0 Å². The summed E-state index contributed by atoms with van der Waals surface area (Å²) >= 11 is 0. The zero-order chi connectivity index (χ0) is 15.8. The first kappa shape index (κ1) is 15.5. The molecular formula is C14H16N2O4S. The van der Waals surface area contributed by atoms with Gasteiger partial charge >= 0.3 is 5.97 Å². The molecule has 7 heteroatoms. The van der Waals surface area contributed by atoms with Gasteiger partial charge in [-0.25, -0.2) is 8.42 Å². The maximum atomic E-state index is 12.6. The van der Waals surface area contributed by atoms with E-state index >= 15 is 0 Å². The Labute approximate surface area is 123 Å². The third-order valence-electron chi connectivity index (χ3n) is 3.88. The Morgan fingerprint density at radius 3 is 2.62 bits per heavy atom. The first-order chi connectivity index (χ1) is 9.70. The van der Waals surface area contributed by atoms with Crippen LogP contribution in [-0.2, 0) is 14.8 Å². The molecular weight excluding hydrogens is 292 g/mol. The van der Waals surface area contributed by atoms with Crippen LogP contribution in [0.3, 0.4) is 0 Å². The van der Waals surface area contributed by atoms with Crippen molar-refractivity contribution in [2.45, 2.75) is 25.2 Å². The van der Waals surface area contributed by atoms with Crippen LogP contribution < -0.4 is 0 Å². The monoisotopic (exact) mass is 308 g/mol. The Kier molecular flexibility index (Phi) is 3.78. The van der Waals surface area contributed by atoms with Gasteiger partial charge in [-0.1, -0.05) is 0 Å². The van der Waals surface area contributed by atoms with E-state index in [1.165, 1.54) is 22.5 Å². The molecule has 1 unspecified atom stereocenters. The topological polar surface area (TPSA) is 98.5 Å². The van der Waals surface area contributed by atoms with E-state index < -0.39 is 21.4 Å². The maximum absolute atomic E-state index is 12.6. The van der Waals surface area contributed by atoms with E-state index in [0.29, 0.717) is 11.1 Å². The van der Waals surface area contributed by atoms with Crippen molar-refractivity contribution in [3.8, 4) is 6.07 Å². The minimum atomic E-state index is -3.74. The van der Waals surface area contributed by atoms with Crippen molar-refractivity contribution in [3.05, 3.63) is 29.3 Å². The molecule has 6 nitrogen and oxygen atoms in total. The molecule has 0 amide bonds. The second kappa shape index (κ2) is 5.13. The van der Waals surface area contributed by atoms with E-state index in [9.17, 15) is 18.3 Å². The molecule has 0 bridgehead atoms. The molecule has 1 aliphatic rings. The molecule has 0 saturated carbocycles. The molecule has 1 aromatic carbocycles. The third kappa shape index (κ3) is 2.64. The molecule has 0 aromatic heterocycles. The van der Waals surface area contributed by atoms with Crippen LogP contribution in [0.2, 0.25) is 0 Å². The van der Waals surface area contributed by atoms with Gasteiger partial charge in [0.2, 0.25) is 10.0 Å². The number of nitrogens with zero attached hydrogens (tertiary/aromatic N) is 2. The van der Waals surface area contributed by atoms with Gasteiger partial charge in [0.25, 0.3) is 0 Å². The second-order valence-electron chi connectivity index (χ2n) is 5.55. The lowest BCUT2D eigenvalue weighted by Crippen LogP contribution is -2.35. The lowest BCUT2D eigenvalue weighted by Gasteiger charge is -2.20. The smallest absolute Gasteiger partial charge is 0.310 e. The van der Waals surface area contributed by atoms with Crippen LogP contribution in [0.5, 0.6) is 0 Å². The number of carboxylic acids is 1. The molecule has 2 rings (SSSR count). The highest BCUT2D eigenvalue weighted by Crippen LogP contribution is 2.34. The van der Waals surface area contributed by atoms with Gasteiger partial charge in [-0.3, -0.25) is 4.79 Å². The second-order valence-corrected chi connectivity index (χ2v) is 7.45. The summed E-state index contributed by atoms with van der Waals surface area (Å²) in [5, 5.41) is 18.0. The molecule has 0 radical (unpaired) electrons. The number of rotatable bonds is 3. The van der Waals surface area contributed by atoms with Crippen LogP contribution in [0.15, 0.2) is 23.1 Å². The quantitative estimate of drug-likeness (QED) is 0.908. The number of carbonyl (C=O) groups is 1. The zero-order valence-electron chi connectivity index (χ0n) is 11.8. The summed E-state index contributed by atoms with van der Waals surface area (Å²) in [5.74, 6) is -0.989. The fourth-order valence-corrected chi connectivity index (χ4v) is 4.22. The van der Waals surface area contributed by atoms with E-state index in [1.54, 1.807) is 13.8 Å². The lowest BCUT2D eigenvalue weighted by molar-refractivity contribution is -0.146. The van der Waals surface area contributed by atoms with Crippen molar-refractivity contribution in [1.29, 1.82) is 5.26 Å². The highest BCUT2D eigenvalue weighted by atomic mass is 32.2. The van der Waals surface area contributed by atoms with E-state index in [4.69, 9.17) is 5.26 Å². The number of hydrogen-bond acceptors (Lipinski definition) is 4.